The third-order valence-corrected chi connectivity index (χ3v) is 5.16. The molecule has 0 radical (unpaired) electrons. The number of hydrogen-bond acceptors (Lipinski definition) is 5. The van der Waals surface area contributed by atoms with Crippen LogP contribution in [0.4, 0.5) is 0 Å². The quantitative estimate of drug-likeness (QED) is 0.442. The highest BCUT2D eigenvalue weighted by Gasteiger charge is 2.47. The largest absolute Gasteiger partial charge is 0.507 e. The lowest BCUT2D eigenvalue weighted by Gasteiger charge is -2.28. The van der Waals surface area contributed by atoms with Crippen molar-refractivity contribution in [2.24, 2.45) is 5.92 Å². The first-order chi connectivity index (χ1) is 14.3. The fourth-order valence-corrected chi connectivity index (χ4v) is 3.70. The van der Waals surface area contributed by atoms with E-state index in [0.717, 1.165) is 5.56 Å². The summed E-state index contributed by atoms with van der Waals surface area (Å²) in [6, 6.07) is 11.6. The number of carbonyl (C=O) groups excluding carboxylic acids is 2. The minimum atomic E-state index is -0.755. The van der Waals surface area contributed by atoms with E-state index in [1.54, 1.807) is 37.4 Å². The summed E-state index contributed by atoms with van der Waals surface area (Å²) >= 11 is 0. The number of rotatable bonds is 6. The first kappa shape index (κ1) is 21.4. The van der Waals surface area contributed by atoms with Crippen LogP contribution in [0.2, 0.25) is 0 Å². The number of hydrogen-bond donors (Lipinski definition) is 1. The van der Waals surface area contributed by atoms with Gasteiger partial charge in [-0.1, -0.05) is 43.7 Å². The van der Waals surface area contributed by atoms with Crippen LogP contribution in [0.3, 0.4) is 0 Å². The van der Waals surface area contributed by atoms with Gasteiger partial charge < -0.3 is 19.5 Å². The van der Waals surface area contributed by atoms with E-state index in [1.165, 1.54) is 12.0 Å². The van der Waals surface area contributed by atoms with Gasteiger partial charge in [0.25, 0.3) is 11.7 Å². The molecule has 0 spiro atoms. The Hall–Kier alpha value is -3.28. The summed E-state index contributed by atoms with van der Waals surface area (Å²) in [5.41, 5.74) is 2.19. The van der Waals surface area contributed by atoms with Gasteiger partial charge in [0, 0.05) is 23.7 Å². The van der Waals surface area contributed by atoms with Crippen LogP contribution in [0.5, 0.6) is 11.5 Å². The van der Waals surface area contributed by atoms with E-state index in [-0.39, 0.29) is 17.3 Å². The lowest BCUT2D eigenvalue weighted by atomic mass is 9.94. The van der Waals surface area contributed by atoms with E-state index >= 15 is 0 Å². The molecule has 1 atom stereocenters. The SMILES string of the molecule is COc1ccc([C@@H]2C(=C(O)c3ccc(C)cc3)C(=O)C(=O)N2CC(C)C)c(OC)c1. The predicted molar refractivity (Wildman–Crippen MR) is 115 cm³/mol. The molecule has 0 aliphatic carbocycles. The summed E-state index contributed by atoms with van der Waals surface area (Å²) in [5, 5.41) is 11.1. The lowest BCUT2D eigenvalue weighted by molar-refractivity contribution is -0.140. The number of aryl methyl sites for hydroxylation is 1. The molecule has 1 aliphatic heterocycles. The zero-order valence-corrected chi connectivity index (χ0v) is 17.9. The van der Waals surface area contributed by atoms with Crippen LogP contribution in [-0.2, 0) is 9.59 Å². The third kappa shape index (κ3) is 3.90. The Balaban J connectivity index is 2.24. The number of carbonyl (C=O) groups is 2. The van der Waals surface area contributed by atoms with E-state index in [4.69, 9.17) is 9.47 Å². The van der Waals surface area contributed by atoms with Gasteiger partial charge in [0.05, 0.1) is 25.8 Å². The third-order valence-electron chi connectivity index (χ3n) is 5.16. The fraction of sp³-hybridized carbons (Fsp3) is 0.333. The fourth-order valence-electron chi connectivity index (χ4n) is 3.70. The summed E-state index contributed by atoms with van der Waals surface area (Å²) < 4.78 is 10.8. The molecular formula is C24H27NO5. The standard InChI is InChI=1S/C24H27NO5/c1-14(2)13-25-21(18-11-10-17(29-4)12-19(18)30-5)20(23(27)24(25)28)22(26)16-8-6-15(3)7-9-16/h6-12,14,21,26H,13H2,1-5H3/t21-/m1/s1. The summed E-state index contributed by atoms with van der Waals surface area (Å²) in [5.74, 6) is -0.312. The number of aliphatic hydroxyl groups excluding tert-OH is 1. The molecule has 0 bridgehead atoms. The summed E-state index contributed by atoms with van der Waals surface area (Å²) in [6.07, 6.45) is 0. The average molecular weight is 409 g/mol. The molecule has 2 aromatic carbocycles. The maximum atomic E-state index is 13.0. The maximum absolute atomic E-state index is 13.0. The molecule has 3 rings (SSSR count). The minimum absolute atomic E-state index is 0.0629. The summed E-state index contributed by atoms with van der Waals surface area (Å²) in [6.45, 7) is 6.26. The van der Waals surface area contributed by atoms with Gasteiger partial charge in [0.2, 0.25) is 0 Å². The Bertz CT molecular complexity index is 991. The molecule has 6 nitrogen and oxygen atoms in total. The van der Waals surface area contributed by atoms with Crippen molar-refractivity contribution in [2.45, 2.75) is 26.8 Å². The van der Waals surface area contributed by atoms with Crippen LogP contribution in [0.1, 0.15) is 36.6 Å². The number of ether oxygens (including phenoxy) is 2. The number of aliphatic hydroxyl groups is 1. The highest BCUT2D eigenvalue weighted by atomic mass is 16.5. The average Bonchev–Trinajstić information content (AvgIpc) is 2.97. The number of benzene rings is 2. The van der Waals surface area contributed by atoms with Crippen LogP contribution in [0, 0.1) is 12.8 Å². The van der Waals surface area contributed by atoms with E-state index in [0.29, 0.717) is 29.2 Å². The molecule has 1 saturated heterocycles. The van der Waals surface area contributed by atoms with Crippen molar-refractivity contribution in [1.82, 2.24) is 4.90 Å². The number of nitrogens with zero attached hydrogens (tertiary/aromatic N) is 1. The first-order valence-corrected chi connectivity index (χ1v) is 9.85. The highest BCUT2D eigenvalue weighted by Crippen LogP contribution is 2.43. The first-order valence-electron chi connectivity index (χ1n) is 9.85. The van der Waals surface area contributed by atoms with Crippen LogP contribution in [-0.4, -0.2) is 42.5 Å². The predicted octanol–water partition coefficient (Wildman–Crippen LogP) is 4.09. The molecule has 1 aliphatic rings. The zero-order chi connectivity index (χ0) is 22.0. The number of methoxy groups -OCH3 is 2. The number of likely N-dealkylation sites (tertiary alicyclic amines) is 1. The minimum Gasteiger partial charge on any atom is -0.507 e. The van der Waals surface area contributed by atoms with Gasteiger partial charge in [0.1, 0.15) is 17.3 Å². The Morgan fingerprint density at radius 2 is 1.73 bits per heavy atom. The van der Waals surface area contributed by atoms with Crippen molar-refractivity contribution >= 4 is 17.4 Å². The maximum Gasteiger partial charge on any atom is 0.295 e. The van der Waals surface area contributed by atoms with Crippen molar-refractivity contribution in [3.8, 4) is 11.5 Å². The van der Waals surface area contributed by atoms with Crippen molar-refractivity contribution < 1.29 is 24.2 Å². The second kappa shape index (κ2) is 8.61. The molecule has 0 unspecified atom stereocenters. The topological polar surface area (TPSA) is 76.1 Å². The van der Waals surface area contributed by atoms with Gasteiger partial charge in [-0.15, -0.1) is 0 Å². The Labute approximate surface area is 176 Å². The number of amides is 1. The van der Waals surface area contributed by atoms with Gasteiger partial charge in [-0.2, -0.15) is 0 Å². The van der Waals surface area contributed by atoms with Crippen LogP contribution in [0.25, 0.3) is 5.76 Å². The monoisotopic (exact) mass is 409 g/mol. The van der Waals surface area contributed by atoms with Crippen LogP contribution in [0.15, 0.2) is 48.0 Å². The van der Waals surface area contributed by atoms with Crippen molar-refractivity contribution in [3.05, 3.63) is 64.7 Å². The van der Waals surface area contributed by atoms with E-state index in [1.807, 2.05) is 32.9 Å². The van der Waals surface area contributed by atoms with E-state index in [9.17, 15) is 14.7 Å². The van der Waals surface area contributed by atoms with Gasteiger partial charge in [0.15, 0.2) is 0 Å². The van der Waals surface area contributed by atoms with E-state index in [2.05, 4.69) is 0 Å². The van der Waals surface area contributed by atoms with Crippen molar-refractivity contribution in [3.63, 3.8) is 0 Å². The van der Waals surface area contributed by atoms with Gasteiger partial charge in [-0.3, -0.25) is 9.59 Å². The molecule has 1 heterocycles. The summed E-state index contributed by atoms with van der Waals surface area (Å²) in [7, 11) is 3.07. The van der Waals surface area contributed by atoms with Crippen molar-refractivity contribution in [2.75, 3.05) is 20.8 Å². The number of Topliss-reactive ketones (excluding diaryl/α,β-unsaturated/α-hetero) is 1. The van der Waals surface area contributed by atoms with Crippen molar-refractivity contribution in [1.29, 1.82) is 0 Å². The molecular weight excluding hydrogens is 382 g/mol. The van der Waals surface area contributed by atoms with Gasteiger partial charge >= 0.3 is 0 Å². The lowest BCUT2D eigenvalue weighted by Crippen LogP contribution is -2.33. The molecule has 158 valence electrons. The highest BCUT2D eigenvalue weighted by molar-refractivity contribution is 6.46. The molecule has 1 amide bonds. The second-order valence-corrected chi connectivity index (χ2v) is 7.82. The van der Waals surface area contributed by atoms with Gasteiger partial charge in [-0.25, -0.2) is 0 Å². The Morgan fingerprint density at radius 1 is 1.07 bits per heavy atom. The van der Waals surface area contributed by atoms with E-state index < -0.39 is 17.7 Å². The summed E-state index contributed by atoms with van der Waals surface area (Å²) in [4.78, 5) is 27.4. The molecule has 1 fully saturated rings. The van der Waals surface area contributed by atoms with Gasteiger partial charge in [-0.05, 0) is 25.0 Å². The molecule has 0 saturated carbocycles. The molecule has 6 heteroatoms. The normalized spacial score (nSPS) is 18.2. The molecule has 30 heavy (non-hydrogen) atoms. The molecule has 1 N–H and O–H groups in total. The molecule has 0 aromatic heterocycles. The Morgan fingerprint density at radius 3 is 2.30 bits per heavy atom. The Kier molecular flexibility index (Phi) is 6.15. The van der Waals surface area contributed by atoms with Crippen LogP contribution < -0.4 is 9.47 Å². The smallest absolute Gasteiger partial charge is 0.295 e. The van der Waals surface area contributed by atoms with Crippen LogP contribution >= 0.6 is 0 Å². The number of ketones is 1. The zero-order valence-electron chi connectivity index (χ0n) is 17.9. The second-order valence-electron chi connectivity index (χ2n) is 7.82. The molecule has 2 aromatic rings.